The van der Waals surface area contributed by atoms with E-state index < -0.39 is 9.84 Å². The summed E-state index contributed by atoms with van der Waals surface area (Å²) in [6.07, 6.45) is 2.41. The van der Waals surface area contributed by atoms with Gasteiger partial charge in [0.25, 0.3) is 0 Å². The van der Waals surface area contributed by atoms with E-state index in [1.54, 1.807) is 38.4 Å². The highest BCUT2D eigenvalue weighted by molar-refractivity contribution is 7.91. The summed E-state index contributed by atoms with van der Waals surface area (Å²) in [6, 6.07) is 16.9. The molecular formula is C23H32N4O3S. The highest BCUT2D eigenvalue weighted by Gasteiger charge is 2.24. The lowest BCUT2D eigenvalue weighted by molar-refractivity contribution is 0.245. The number of methoxy groups -OCH3 is 1. The van der Waals surface area contributed by atoms with Gasteiger partial charge in [-0.25, -0.2) is 8.42 Å². The van der Waals surface area contributed by atoms with Gasteiger partial charge >= 0.3 is 0 Å². The van der Waals surface area contributed by atoms with E-state index in [0.29, 0.717) is 17.4 Å². The highest BCUT2D eigenvalue weighted by Crippen LogP contribution is 2.26. The largest absolute Gasteiger partial charge is 0.497 e. The molecule has 0 amide bonds. The van der Waals surface area contributed by atoms with Crippen LogP contribution in [-0.2, 0) is 9.84 Å². The van der Waals surface area contributed by atoms with Crippen molar-refractivity contribution >= 4 is 15.8 Å². The Morgan fingerprint density at radius 1 is 1.06 bits per heavy atom. The van der Waals surface area contributed by atoms with Crippen LogP contribution in [0.2, 0.25) is 0 Å². The summed E-state index contributed by atoms with van der Waals surface area (Å²) in [5.41, 5.74) is 1.22. The summed E-state index contributed by atoms with van der Waals surface area (Å²) in [4.78, 5) is 7.08. The zero-order chi connectivity index (χ0) is 22.1. The van der Waals surface area contributed by atoms with E-state index in [1.807, 2.05) is 18.2 Å². The van der Waals surface area contributed by atoms with Crippen LogP contribution in [0.1, 0.15) is 24.4 Å². The predicted octanol–water partition coefficient (Wildman–Crippen LogP) is 2.47. The number of benzene rings is 2. The third-order valence-electron chi connectivity index (χ3n) is 5.53. The molecule has 2 N–H and O–H groups in total. The zero-order valence-corrected chi connectivity index (χ0v) is 19.1. The molecule has 2 aromatic rings. The van der Waals surface area contributed by atoms with Crippen LogP contribution in [0.25, 0.3) is 0 Å². The number of rotatable bonds is 9. The summed E-state index contributed by atoms with van der Waals surface area (Å²) in [5.74, 6) is 1.45. The molecule has 0 aliphatic carbocycles. The Morgan fingerprint density at radius 3 is 2.35 bits per heavy atom. The molecule has 2 aromatic carbocycles. The molecule has 0 aromatic heterocycles. The molecule has 1 fully saturated rings. The topological polar surface area (TPSA) is 83.0 Å². The molecule has 0 radical (unpaired) electrons. The van der Waals surface area contributed by atoms with Crippen molar-refractivity contribution in [3.05, 3.63) is 60.2 Å². The Labute approximate surface area is 185 Å². The molecule has 1 atom stereocenters. The van der Waals surface area contributed by atoms with Gasteiger partial charge < -0.3 is 15.4 Å². The average Bonchev–Trinajstić information content (AvgIpc) is 3.33. The molecule has 168 valence electrons. The van der Waals surface area contributed by atoms with Crippen LogP contribution in [0, 0.1) is 0 Å². The standard InChI is InChI=1S/C23H32N4O3S/c1-24-23(25-14-17-31(28,29)21-8-4-3-5-9-21)26-18-22(27-15-6-7-16-27)19-10-12-20(30-2)13-11-19/h3-5,8-13,22H,6-7,14-18H2,1-2H3,(H2,24,25,26). The van der Waals surface area contributed by atoms with Crippen LogP contribution in [0.3, 0.4) is 0 Å². The third kappa shape index (κ3) is 6.45. The third-order valence-corrected chi connectivity index (χ3v) is 7.27. The van der Waals surface area contributed by atoms with Gasteiger partial charge in [0.15, 0.2) is 15.8 Å². The Kier molecular flexibility index (Phi) is 8.31. The van der Waals surface area contributed by atoms with Gasteiger partial charge in [-0.3, -0.25) is 9.89 Å². The fourth-order valence-electron chi connectivity index (χ4n) is 3.80. The summed E-state index contributed by atoms with van der Waals surface area (Å²) < 4.78 is 30.2. The molecule has 7 nitrogen and oxygen atoms in total. The molecule has 1 heterocycles. The van der Waals surface area contributed by atoms with Crippen molar-refractivity contribution < 1.29 is 13.2 Å². The zero-order valence-electron chi connectivity index (χ0n) is 18.3. The summed E-state index contributed by atoms with van der Waals surface area (Å²) in [5, 5.41) is 6.50. The molecular weight excluding hydrogens is 412 g/mol. The van der Waals surface area contributed by atoms with Crippen molar-refractivity contribution in [3.63, 3.8) is 0 Å². The van der Waals surface area contributed by atoms with Gasteiger partial charge in [-0.05, 0) is 55.8 Å². The Bertz CT molecular complexity index is 941. The molecule has 3 rings (SSSR count). The van der Waals surface area contributed by atoms with Crippen LogP contribution in [0.15, 0.2) is 64.5 Å². The lowest BCUT2D eigenvalue weighted by Gasteiger charge is -2.29. The lowest BCUT2D eigenvalue weighted by atomic mass is 10.1. The number of hydrogen-bond acceptors (Lipinski definition) is 5. The molecule has 1 aliphatic rings. The van der Waals surface area contributed by atoms with Gasteiger partial charge in [-0.15, -0.1) is 0 Å². The first-order chi connectivity index (χ1) is 15.0. The van der Waals surface area contributed by atoms with Gasteiger partial charge in [0, 0.05) is 20.1 Å². The van der Waals surface area contributed by atoms with Crippen LogP contribution >= 0.6 is 0 Å². The molecule has 31 heavy (non-hydrogen) atoms. The first kappa shape index (κ1) is 23.1. The Balaban J connectivity index is 1.57. The van der Waals surface area contributed by atoms with Gasteiger partial charge in [0.2, 0.25) is 0 Å². The number of nitrogens with one attached hydrogen (secondary N) is 2. The van der Waals surface area contributed by atoms with Crippen molar-refractivity contribution in [2.75, 3.05) is 46.1 Å². The minimum Gasteiger partial charge on any atom is -0.497 e. The van der Waals surface area contributed by atoms with Gasteiger partial charge in [0.1, 0.15) is 5.75 Å². The highest BCUT2D eigenvalue weighted by atomic mass is 32.2. The maximum atomic E-state index is 12.5. The number of aliphatic imine (C=N–C) groups is 1. The summed E-state index contributed by atoms with van der Waals surface area (Å²) >= 11 is 0. The average molecular weight is 445 g/mol. The molecule has 0 bridgehead atoms. The number of likely N-dealkylation sites (tertiary alicyclic amines) is 1. The van der Waals surface area contributed by atoms with E-state index in [4.69, 9.17) is 4.74 Å². The van der Waals surface area contributed by atoms with E-state index in [1.165, 1.54) is 18.4 Å². The van der Waals surface area contributed by atoms with Crippen molar-refractivity contribution in [1.29, 1.82) is 0 Å². The minimum absolute atomic E-state index is 0.00570. The second-order valence-electron chi connectivity index (χ2n) is 7.54. The van der Waals surface area contributed by atoms with E-state index in [9.17, 15) is 8.42 Å². The maximum absolute atomic E-state index is 12.5. The number of sulfone groups is 1. The smallest absolute Gasteiger partial charge is 0.191 e. The monoisotopic (exact) mass is 444 g/mol. The van der Waals surface area contributed by atoms with Crippen molar-refractivity contribution in [1.82, 2.24) is 15.5 Å². The summed E-state index contributed by atoms with van der Waals surface area (Å²) in [6.45, 7) is 3.10. The first-order valence-corrected chi connectivity index (χ1v) is 12.3. The molecule has 0 spiro atoms. The van der Waals surface area contributed by atoms with Crippen molar-refractivity contribution in [3.8, 4) is 5.75 Å². The number of nitrogens with zero attached hydrogens (tertiary/aromatic N) is 2. The minimum atomic E-state index is -3.32. The molecule has 8 heteroatoms. The Morgan fingerprint density at radius 2 is 1.74 bits per heavy atom. The van der Waals surface area contributed by atoms with Crippen molar-refractivity contribution in [2.24, 2.45) is 4.99 Å². The van der Waals surface area contributed by atoms with E-state index in [0.717, 1.165) is 18.8 Å². The van der Waals surface area contributed by atoms with Gasteiger partial charge in [0.05, 0.1) is 23.8 Å². The van der Waals surface area contributed by atoms with Gasteiger partial charge in [-0.1, -0.05) is 30.3 Å². The fourth-order valence-corrected chi connectivity index (χ4v) is 4.98. The van der Waals surface area contributed by atoms with Crippen LogP contribution < -0.4 is 15.4 Å². The fraction of sp³-hybridized carbons (Fsp3) is 0.435. The normalized spacial score (nSPS) is 16.1. The predicted molar refractivity (Wildman–Crippen MR) is 124 cm³/mol. The Hall–Kier alpha value is -2.58. The second kappa shape index (κ2) is 11.2. The number of ether oxygens (including phenoxy) is 1. The molecule has 0 saturated carbocycles. The number of guanidine groups is 1. The SMILES string of the molecule is CN=C(NCCS(=O)(=O)c1ccccc1)NCC(c1ccc(OC)cc1)N1CCCC1. The van der Waals surface area contributed by atoms with E-state index in [-0.39, 0.29) is 18.3 Å². The molecule has 1 aliphatic heterocycles. The van der Waals surface area contributed by atoms with E-state index >= 15 is 0 Å². The quantitative estimate of drug-likeness (QED) is 0.457. The number of hydrogen-bond donors (Lipinski definition) is 2. The molecule has 1 unspecified atom stereocenters. The summed E-state index contributed by atoms with van der Waals surface area (Å²) in [7, 11) is 0.0390. The van der Waals surface area contributed by atoms with E-state index in [2.05, 4.69) is 32.7 Å². The van der Waals surface area contributed by atoms with Crippen LogP contribution in [-0.4, -0.2) is 65.4 Å². The van der Waals surface area contributed by atoms with Gasteiger partial charge in [-0.2, -0.15) is 0 Å². The first-order valence-electron chi connectivity index (χ1n) is 10.6. The molecule has 1 saturated heterocycles. The van der Waals surface area contributed by atoms with Crippen LogP contribution in [0.5, 0.6) is 5.75 Å². The van der Waals surface area contributed by atoms with Crippen LogP contribution in [0.4, 0.5) is 0 Å². The maximum Gasteiger partial charge on any atom is 0.191 e. The lowest BCUT2D eigenvalue weighted by Crippen LogP contribution is -2.43. The van der Waals surface area contributed by atoms with Crippen molar-refractivity contribution in [2.45, 2.75) is 23.8 Å². The second-order valence-corrected chi connectivity index (χ2v) is 9.65.